The Balaban J connectivity index is 2.08. The van der Waals surface area contributed by atoms with Crippen LogP contribution in [0.2, 0.25) is 0 Å². The highest BCUT2D eigenvalue weighted by Gasteiger charge is 2.03. The third kappa shape index (κ3) is 3.28. The number of rotatable bonds is 3. The smallest absolute Gasteiger partial charge is 0.142 e. The molecule has 0 bridgehead atoms. The largest absolute Gasteiger partial charge is 0.508 e. The van der Waals surface area contributed by atoms with Crippen LogP contribution in [0.15, 0.2) is 77.9 Å². The van der Waals surface area contributed by atoms with Crippen molar-refractivity contribution < 1.29 is 9.84 Å². The molecule has 0 radical (unpaired) electrons. The normalized spacial score (nSPS) is 15.0. The summed E-state index contributed by atoms with van der Waals surface area (Å²) in [5, 5.41) is 9.41. The van der Waals surface area contributed by atoms with Crippen molar-refractivity contribution in [2.45, 2.75) is 6.61 Å². The molecule has 0 aliphatic heterocycles. The van der Waals surface area contributed by atoms with Crippen LogP contribution in [-0.2, 0) is 11.3 Å². The maximum absolute atomic E-state index is 9.41. The lowest BCUT2D eigenvalue weighted by Gasteiger charge is -2.11. The Morgan fingerprint density at radius 2 is 1.83 bits per heavy atom. The second-order valence-electron chi connectivity index (χ2n) is 3.88. The number of ether oxygens (including phenoxy) is 1. The lowest BCUT2D eigenvalue weighted by molar-refractivity contribution is 0.206. The molecule has 3 heteroatoms. The Morgan fingerprint density at radius 3 is 2.61 bits per heavy atom. The Labute approximate surface area is 106 Å². The van der Waals surface area contributed by atoms with Crippen molar-refractivity contribution in [3.05, 3.63) is 83.5 Å². The lowest BCUT2D eigenvalue weighted by atomic mass is 10.2. The van der Waals surface area contributed by atoms with Gasteiger partial charge in [-0.05, 0) is 29.9 Å². The van der Waals surface area contributed by atoms with E-state index in [2.05, 4.69) is 0 Å². The summed E-state index contributed by atoms with van der Waals surface area (Å²) >= 11 is 0. The summed E-state index contributed by atoms with van der Waals surface area (Å²) in [6, 6.07) is 9.84. The molecule has 0 saturated heterocycles. The monoisotopic (exact) mass is 241 g/mol. The standard InChI is InChI=1S/C15H15NO2/c16-14-8-4-7-13(17)9-10-15(14)18-11-12-5-2-1-3-6-12/h1-10,17H,11,16H2. The van der Waals surface area contributed by atoms with E-state index in [4.69, 9.17) is 10.5 Å². The van der Waals surface area contributed by atoms with Gasteiger partial charge in [-0.3, -0.25) is 0 Å². The average Bonchev–Trinajstić information content (AvgIpc) is 2.38. The van der Waals surface area contributed by atoms with Crippen LogP contribution in [0.4, 0.5) is 0 Å². The highest BCUT2D eigenvalue weighted by molar-refractivity contribution is 5.35. The van der Waals surface area contributed by atoms with E-state index in [0.717, 1.165) is 5.56 Å². The van der Waals surface area contributed by atoms with E-state index in [9.17, 15) is 5.11 Å². The quantitative estimate of drug-likeness (QED) is 0.855. The second-order valence-corrected chi connectivity index (χ2v) is 3.88. The van der Waals surface area contributed by atoms with Crippen LogP contribution in [0.3, 0.4) is 0 Å². The van der Waals surface area contributed by atoms with Crippen LogP contribution in [0.1, 0.15) is 5.56 Å². The molecule has 0 heterocycles. The number of hydrogen-bond donors (Lipinski definition) is 2. The predicted octanol–water partition coefficient (Wildman–Crippen LogP) is 2.94. The maximum Gasteiger partial charge on any atom is 0.142 e. The van der Waals surface area contributed by atoms with Gasteiger partial charge in [-0.2, -0.15) is 0 Å². The molecule has 0 fully saturated rings. The van der Waals surface area contributed by atoms with E-state index in [0.29, 0.717) is 18.1 Å². The first-order chi connectivity index (χ1) is 8.75. The zero-order chi connectivity index (χ0) is 12.8. The molecule has 0 amide bonds. The molecular weight excluding hydrogens is 226 g/mol. The van der Waals surface area contributed by atoms with Gasteiger partial charge in [-0.1, -0.05) is 36.4 Å². The number of hydrogen-bond acceptors (Lipinski definition) is 3. The minimum atomic E-state index is 0.166. The molecule has 1 aromatic carbocycles. The molecule has 0 aromatic heterocycles. The van der Waals surface area contributed by atoms with Crippen molar-refractivity contribution in [1.29, 1.82) is 0 Å². The fourth-order valence-electron chi connectivity index (χ4n) is 1.51. The van der Waals surface area contributed by atoms with Crippen molar-refractivity contribution in [2.75, 3.05) is 0 Å². The molecule has 0 atom stereocenters. The summed E-state index contributed by atoms with van der Waals surface area (Å²) in [4.78, 5) is 0. The van der Waals surface area contributed by atoms with Gasteiger partial charge in [0.25, 0.3) is 0 Å². The summed E-state index contributed by atoms with van der Waals surface area (Å²) in [7, 11) is 0. The molecule has 3 nitrogen and oxygen atoms in total. The average molecular weight is 241 g/mol. The number of aliphatic hydroxyl groups excluding tert-OH is 1. The Kier molecular flexibility index (Phi) is 3.86. The summed E-state index contributed by atoms with van der Waals surface area (Å²) in [6.07, 6.45) is 8.15. The number of nitrogens with two attached hydrogens (primary N) is 1. The molecule has 0 unspecified atom stereocenters. The molecule has 1 aliphatic rings. The third-order valence-electron chi connectivity index (χ3n) is 2.47. The number of aliphatic hydroxyl groups is 1. The van der Waals surface area contributed by atoms with Crippen molar-refractivity contribution in [3.8, 4) is 0 Å². The number of allylic oxidation sites excluding steroid dienone is 5. The molecule has 1 aliphatic carbocycles. The maximum atomic E-state index is 9.41. The Morgan fingerprint density at radius 1 is 1.06 bits per heavy atom. The van der Waals surface area contributed by atoms with Gasteiger partial charge >= 0.3 is 0 Å². The number of benzene rings is 1. The van der Waals surface area contributed by atoms with E-state index in [-0.39, 0.29) is 5.76 Å². The van der Waals surface area contributed by atoms with Gasteiger partial charge < -0.3 is 15.6 Å². The Hall–Kier alpha value is -2.42. The molecular formula is C15H15NO2. The van der Waals surface area contributed by atoms with Gasteiger partial charge in [0.15, 0.2) is 0 Å². The van der Waals surface area contributed by atoms with Crippen molar-refractivity contribution in [2.24, 2.45) is 5.73 Å². The lowest BCUT2D eigenvalue weighted by Crippen LogP contribution is -2.05. The van der Waals surface area contributed by atoms with Crippen LogP contribution < -0.4 is 5.73 Å². The molecule has 2 rings (SSSR count). The topological polar surface area (TPSA) is 55.5 Å². The fourth-order valence-corrected chi connectivity index (χ4v) is 1.51. The van der Waals surface area contributed by atoms with Crippen LogP contribution in [0, 0.1) is 0 Å². The van der Waals surface area contributed by atoms with Crippen LogP contribution in [0.25, 0.3) is 0 Å². The van der Waals surface area contributed by atoms with E-state index in [1.807, 2.05) is 30.3 Å². The first-order valence-corrected chi connectivity index (χ1v) is 5.67. The van der Waals surface area contributed by atoms with Gasteiger partial charge in [0, 0.05) is 0 Å². The van der Waals surface area contributed by atoms with Crippen molar-refractivity contribution in [3.63, 3.8) is 0 Å². The molecule has 3 N–H and O–H groups in total. The molecule has 92 valence electrons. The second kappa shape index (κ2) is 5.77. The third-order valence-corrected chi connectivity index (χ3v) is 2.47. The van der Waals surface area contributed by atoms with E-state index >= 15 is 0 Å². The van der Waals surface area contributed by atoms with Gasteiger partial charge in [-0.25, -0.2) is 0 Å². The van der Waals surface area contributed by atoms with Gasteiger partial charge in [0.05, 0.1) is 5.70 Å². The summed E-state index contributed by atoms with van der Waals surface area (Å²) < 4.78 is 5.64. The van der Waals surface area contributed by atoms with E-state index in [1.54, 1.807) is 30.4 Å². The van der Waals surface area contributed by atoms with Crippen LogP contribution >= 0.6 is 0 Å². The SMILES string of the molecule is NC1=CC=CC(O)=CC=C1OCc1ccccc1. The zero-order valence-electron chi connectivity index (χ0n) is 9.91. The fraction of sp³-hybridized carbons (Fsp3) is 0.0667. The molecule has 0 saturated carbocycles. The van der Waals surface area contributed by atoms with Gasteiger partial charge in [0.2, 0.25) is 0 Å². The van der Waals surface area contributed by atoms with Gasteiger partial charge in [0.1, 0.15) is 18.1 Å². The van der Waals surface area contributed by atoms with Crippen molar-refractivity contribution in [1.82, 2.24) is 0 Å². The van der Waals surface area contributed by atoms with Crippen LogP contribution in [0.5, 0.6) is 0 Å². The first kappa shape index (κ1) is 12.0. The van der Waals surface area contributed by atoms with E-state index in [1.165, 1.54) is 0 Å². The zero-order valence-corrected chi connectivity index (χ0v) is 9.91. The molecule has 1 aromatic rings. The highest BCUT2D eigenvalue weighted by Crippen LogP contribution is 2.13. The minimum absolute atomic E-state index is 0.166. The molecule has 0 spiro atoms. The first-order valence-electron chi connectivity index (χ1n) is 5.67. The summed E-state index contributed by atoms with van der Waals surface area (Å²) in [6.45, 7) is 0.444. The van der Waals surface area contributed by atoms with E-state index < -0.39 is 0 Å². The van der Waals surface area contributed by atoms with Crippen molar-refractivity contribution >= 4 is 0 Å². The minimum Gasteiger partial charge on any atom is -0.508 e. The van der Waals surface area contributed by atoms with Crippen LogP contribution in [-0.4, -0.2) is 5.11 Å². The summed E-state index contributed by atoms with van der Waals surface area (Å²) in [5.74, 6) is 0.717. The molecule has 18 heavy (non-hydrogen) atoms. The predicted molar refractivity (Wildman–Crippen MR) is 71.4 cm³/mol. The van der Waals surface area contributed by atoms with Gasteiger partial charge in [-0.15, -0.1) is 0 Å². The summed E-state index contributed by atoms with van der Waals surface area (Å²) in [5.41, 5.74) is 7.46. The Bertz CT molecular complexity index is 525. The highest BCUT2D eigenvalue weighted by atomic mass is 16.5.